The highest BCUT2D eigenvalue weighted by Gasteiger charge is 2.16. The summed E-state index contributed by atoms with van der Waals surface area (Å²) in [4.78, 5) is 38.2. The maximum Gasteiger partial charge on any atom is 0.274 e. The first-order valence-electron chi connectivity index (χ1n) is 10.8. The molecule has 7 heteroatoms. The number of rotatable bonds is 7. The van der Waals surface area contributed by atoms with Gasteiger partial charge in [0.25, 0.3) is 17.4 Å². The highest BCUT2D eigenvalue weighted by atomic mass is 16.2. The van der Waals surface area contributed by atoms with Crippen LogP contribution in [0.25, 0.3) is 10.8 Å². The second-order valence-corrected chi connectivity index (χ2v) is 7.63. The van der Waals surface area contributed by atoms with Gasteiger partial charge < -0.3 is 10.6 Å². The number of nitrogens with one attached hydrogen (secondary N) is 2. The van der Waals surface area contributed by atoms with Crippen LogP contribution < -0.4 is 16.2 Å². The third kappa shape index (κ3) is 4.98. The molecule has 166 valence electrons. The Labute approximate surface area is 191 Å². The molecule has 0 saturated carbocycles. The fraction of sp³-hybridized carbons (Fsp3) is 0.154. The van der Waals surface area contributed by atoms with Gasteiger partial charge in [0.15, 0.2) is 5.69 Å². The summed E-state index contributed by atoms with van der Waals surface area (Å²) in [6.07, 6.45) is 0.726. The van der Waals surface area contributed by atoms with Crippen molar-refractivity contribution >= 4 is 28.3 Å². The summed E-state index contributed by atoms with van der Waals surface area (Å²) in [5.41, 5.74) is 1.97. The maximum absolute atomic E-state index is 13.0. The van der Waals surface area contributed by atoms with E-state index in [1.807, 2.05) is 43.3 Å². The van der Waals surface area contributed by atoms with Gasteiger partial charge >= 0.3 is 0 Å². The molecule has 3 aromatic carbocycles. The van der Waals surface area contributed by atoms with E-state index in [2.05, 4.69) is 15.7 Å². The van der Waals surface area contributed by atoms with Gasteiger partial charge in [0.1, 0.15) is 0 Å². The van der Waals surface area contributed by atoms with Crippen LogP contribution in [0.3, 0.4) is 0 Å². The first-order valence-corrected chi connectivity index (χ1v) is 10.8. The SMILES string of the molecule is CCCn1nc(C(=O)NCc2cccc(C(=O)Nc3ccccc3)c2)c2ccccc2c1=O. The molecule has 0 spiro atoms. The average Bonchev–Trinajstić information content (AvgIpc) is 2.85. The number of hydrogen-bond donors (Lipinski definition) is 2. The number of para-hydroxylation sites is 1. The number of hydrogen-bond acceptors (Lipinski definition) is 4. The quantitative estimate of drug-likeness (QED) is 0.454. The van der Waals surface area contributed by atoms with Crippen LogP contribution in [-0.2, 0) is 13.1 Å². The van der Waals surface area contributed by atoms with Gasteiger partial charge in [0.05, 0.1) is 5.39 Å². The standard InChI is InChI=1S/C26H24N4O3/c1-2-15-30-26(33)22-14-7-6-13-21(22)23(29-30)25(32)27-17-18-9-8-10-19(16-18)24(31)28-20-11-4-3-5-12-20/h3-14,16H,2,15,17H2,1H3,(H,27,32)(H,28,31). The predicted molar refractivity (Wildman–Crippen MR) is 128 cm³/mol. The van der Waals surface area contributed by atoms with Gasteiger partial charge in [-0.15, -0.1) is 0 Å². The van der Waals surface area contributed by atoms with E-state index in [1.54, 1.807) is 42.5 Å². The van der Waals surface area contributed by atoms with E-state index in [4.69, 9.17) is 0 Å². The Hall–Kier alpha value is -4.26. The molecule has 2 N–H and O–H groups in total. The Morgan fingerprint density at radius 2 is 1.61 bits per heavy atom. The number of aromatic nitrogens is 2. The lowest BCUT2D eigenvalue weighted by atomic mass is 10.1. The molecule has 0 radical (unpaired) electrons. The Morgan fingerprint density at radius 1 is 0.879 bits per heavy atom. The Bertz CT molecular complexity index is 1360. The van der Waals surface area contributed by atoms with Crippen LogP contribution in [0.2, 0.25) is 0 Å². The topological polar surface area (TPSA) is 93.1 Å². The molecule has 0 unspecified atom stereocenters. The molecule has 2 amide bonds. The van der Waals surface area contributed by atoms with Crippen LogP contribution in [0, 0.1) is 0 Å². The minimum atomic E-state index is -0.379. The zero-order valence-corrected chi connectivity index (χ0v) is 18.2. The van der Waals surface area contributed by atoms with E-state index < -0.39 is 0 Å². The summed E-state index contributed by atoms with van der Waals surface area (Å²) in [5.74, 6) is -0.608. The number of carbonyl (C=O) groups is 2. The molecule has 0 atom stereocenters. The van der Waals surface area contributed by atoms with Crippen LogP contribution in [0.15, 0.2) is 83.7 Å². The molecule has 0 aliphatic carbocycles. The molecule has 0 fully saturated rings. The summed E-state index contributed by atoms with van der Waals surface area (Å²) < 4.78 is 1.34. The molecule has 0 bridgehead atoms. The highest BCUT2D eigenvalue weighted by molar-refractivity contribution is 6.05. The number of carbonyl (C=O) groups excluding carboxylic acids is 2. The Morgan fingerprint density at radius 3 is 2.36 bits per heavy atom. The normalized spacial score (nSPS) is 10.7. The molecular formula is C26H24N4O3. The monoisotopic (exact) mass is 440 g/mol. The van der Waals surface area contributed by atoms with Crippen molar-refractivity contribution in [2.75, 3.05) is 5.32 Å². The van der Waals surface area contributed by atoms with Crippen LogP contribution in [-0.4, -0.2) is 21.6 Å². The molecule has 0 aliphatic rings. The van der Waals surface area contributed by atoms with Crippen LogP contribution >= 0.6 is 0 Å². The molecule has 1 aromatic heterocycles. The van der Waals surface area contributed by atoms with Crippen molar-refractivity contribution in [2.24, 2.45) is 0 Å². The van der Waals surface area contributed by atoms with Crippen molar-refractivity contribution in [1.29, 1.82) is 0 Å². The van der Waals surface area contributed by atoms with E-state index in [1.165, 1.54) is 4.68 Å². The molecule has 33 heavy (non-hydrogen) atoms. The first kappa shape index (κ1) is 22.0. The number of nitrogens with zero attached hydrogens (tertiary/aromatic N) is 2. The molecule has 1 heterocycles. The average molecular weight is 441 g/mol. The van der Waals surface area contributed by atoms with Crippen LogP contribution in [0.1, 0.15) is 39.8 Å². The molecule has 0 aliphatic heterocycles. The third-order valence-corrected chi connectivity index (χ3v) is 5.19. The summed E-state index contributed by atoms with van der Waals surface area (Å²) in [7, 11) is 0. The van der Waals surface area contributed by atoms with Gasteiger partial charge in [-0.1, -0.05) is 55.5 Å². The lowest BCUT2D eigenvalue weighted by molar-refractivity contribution is 0.0945. The van der Waals surface area contributed by atoms with E-state index in [0.717, 1.165) is 12.0 Å². The van der Waals surface area contributed by atoms with Crippen molar-refractivity contribution in [3.63, 3.8) is 0 Å². The number of amides is 2. The molecule has 4 aromatic rings. The molecular weight excluding hydrogens is 416 g/mol. The van der Waals surface area contributed by atoms with Gasteiger partial charge in [-0.2, -0.15) is 5.10 Å². The Balaban J connectivity index is 1.52. The predicted octanol–water partition coefficient (Wildman–Crippen LogP) is 3.99. The zero-order chi connectivity index (χ0) is 23.2. The van der Waals surface area contributed by atoms with Gasteiger partial charge in [0, 0.05) is 29.7 Å². The van der Waals surface area contributed by atoms with Gasteiger partial charge in [-0.3, -0.25) is 14.4 Å². The van der Waals surface area contributed by atoms with E-state index in [-0.39, 0.29) is 29.6 Å². The molecule has 0 saturated heterocycles. The summed E-state index contributed by atoms with van der Waals surface area (Å²) in [6, 6.07) is 23.3. The van der Waals surface area contributed by atoms with Gasteiger partial charge in [-0.05, 0) is 42.3 Å². The van der Waals surface area contributed by atoms with Crippen molar-refractivity contribution in [3.8, 4) is 0 Å². The first-order chi connectivity index (χ1) is 16.1. The number of benzene rings is 3. The van der Waals surface area contributed by atoms with Crippen LogP contribution in [0.5, 0.6) is 0 Å². The lowest BCUT2D eigenvalue weighted by Gasteiger charge is -2.11. The smallest absolute Gasteiger partial charge is 0.274 e. The number of aryl methyl sites for hydroxylation is 1. The molecule has 4 rings (SSSR count). The third-order valence-electron chi connectivity index (χ3n) is 5.19. The minimum absolute atomic E-state index is 0.205. The van der Waals surface area contributed by atoms with Crippen LogP contribution in [0.4, 0.5) is 5.69 Å². The molecule has 7 nitrogen and oxygen atoms in total. The summed E-state index contributed by atoms with van der Waals surface area (Å²) >= 11 is 0. The Kier molecular flexibility index (Phi) is 6.59. The minimum Gasteiger partial charge on any atom is -0.347 e. The fourth-order valence-corrected chi connectivity index (χ4v) is 3.58. The number of anilines is 1. The van der Waals surface area contributed by atoms with E-state index in [0.29, 0.717) is 28.6 Å². The second kappa shape index (κ2) is 9.91. The van der Waals surface area contributed by atoms with Gasteiger partial charge in [-0.25, -0.2) is 4.68 Å². The summed E-state index contributed by atoms with van der Waals surface area (Å²) in [5, 5.41) is 11.0. The van der Waals surface area contributed by atoms with E-state index >= 15 is 0 Å². The number of fused-ring (bicyclic) bond motifs is 1. The zero-order valence-electron chi connectivity index (χ0n) is 18.2. The highest BCUT2D eigenvalue weighted by Crippen LogP contribution is 2.14. The van der Waals surface area contributed by atoms with Crippen molar-refractivity contribution in [2.45, 2.75) is 26.4 Å². The van der Waals surface area contributed by atoms with Gasteiger partial charge in [0.2, 0.25) is 0 Å². The fourth-order valence-electron chi connectivity index (χ4n) is 3.58. The maximum atomic E-state index is 13.0. The van der Waals surface area contributed by atoms with Crippen molar-refractivity contribution in [1.82, 2.24) is 15.1 Å². The second-order valence-electron chi connectivity index (χ2n) is 7.63. The lowest BCUT2D eigenvalue weighted by Crippen LogP contribution is -2.30. The largest absolute Gasteiger partial charge is 0.347 e. The summed E-state index contributed by atoms with van der Waals surface area (Å²) in [6.45, 7) is 2.60. The van der Waals surface area contributed by atoms with Crippen molar-refractivity contribution < 1.29 is 9.59 Å². The van der Waals surface area contributed by atoms with Crippen molar-refractivity contribution in [3.05, 3.63) is 106 Å². The van der Waals surface area contributed by atoms with E-state index in [9.17, 15) is 14.4 Å².